The van der Waals surface area contributed by atoms with E-state index >= 15 is 0 Å². The molecule has 114 valence electrons. The van der Waals surface area contributed by atoms with Gasteiger partial charge in [0.05, 0.1) is 6.61 Å². The normalized spacial score (nSPS) is 15.6. The van der Waals surface area contributed by atoms with Crippen LogP contribution in [0.25, 0.3) is 0 Å². The first-order chi connectivity index (χ1) is 9.86. The highest BCUT2D eigenvalue weighted by atomic mass is 16.6. The molecule has 0 radical (unpaired) electrons. The largest absolute Gasteiger partial charge is 0.449 e. The third-order valence-corrected chi connectivity index (χ3v) is 3.43. The molecule has 0 aliphatic carbocycles. The molecule has 2 amide bonds. The molecule has 5 nitrogen and oxygen atoms in total. The minimum absolute atomic E-state index is 0.0276. The van der Waals surface area contributed by atoms with E-state index in [9.17, 15) is 9.59 Å². The molecular formula is C16H22N2O3. The average Bonchev–Trinajstić information content (AvgIpc) is 2.41. The number of carbonyl (C=O) groups is 2. The highest BCUT2D eigenvalue weighted by Crippen LogP contribution is 2.23. The van der Waals surface area contributed by atoms with Crippen LogP contribution in [0.3, 0.4) is 0 Å². The molecule has 21 heavy (non-hydrogen) atoms. The van der Waals surface area contributed by atoms with Gasteiger partial charge in [0.2, 0.25) is 5.91 Å². The summed E-state index contributed by atoms with van der Waals surface area (Å²) in [5.41, 5.74) is 2.03. The third-order valence-electron chi connectivity index (χ3n) is 3.43. The van der Waals surface area contributed by atoms with Crippen molar-refractivity contribution in [3.63, 3.8) is 0 Å². The first-order valence-electron chi connectivity index (χ1n) is 7.18. The van der Waals surface area contributed by atoms with Gasteiger partial charge in [-0.25, -0.2) is 4.79 Å². The molecule has 1 aliphatic rings. The quantitative estimate of drug-likeness (QED) is 0.931. The maximum Gasteiger partial charge on any atom is 0.410 e. The summed E-state index contributed by atoms with van der Waals surface area (Å²) in [4.78, 5) is 24.8. The van der Waals surface area contributed by atoms with Crippen molar-refractivity contribution < 1.29 is 14.3 Å². The van der Waals surface area contributed by atoms with Crippen LogP contribution in [0.4, 0.5) is 10.5 Å². The number of hydrogen-bond donors (Lipinski definition) is 1. The zero-order chi connectivity index (χ0) is 15.5. The number of nitrogens with zero attached hydrogens (tertiary/aromatic N) is 1. The van der Waals surface area contributed by atoms with Gasteiger partial charge in [-0.3, -0.25) is 9.69 Å². The second-order valence-electron chi connectivity index (χ2n) is 6.27. The lowest BCUT2D eigenvalue weighted by atomic mass is 9.87. The Morgan fingerprint density at radius 2 is 1.95 bits per heavy atom. The molecule has 1 heterocycles. The SMILES string of the molecule is CC(C)(C)c1ccc(NC(=O)CN2CCCOC2=O)cc1. The van der Waals surface area contributed by atoms with Crippen molar-refractivity contribution >= 4 is 17.7 Å². The van der Waals surface area contributed by atoms with Crippen molar-refractivity contribution in [2.75, 3.05) is 25.0 Å². The van der Waals surface area contributed by atoms with Gasteiger partial charge in [0.15, 0.2) is 0 Å². The van der Waals surface area contributed by atoms with Crippen LogP contribution >= 0.6 is 0 Å². The number of carbonyl (C=O) groups excluding carboxylic acids is 2. The van der Waals surface area contributed by atoms with E-state index in [-0.39, 0.29) is 17.9 Å². The summed E-state index contributed by atoms with van der Waals surface area (Å²) in [6.45, 7) is 7.45. The maximum absolute atomic E-state index is 11.9. The Bertz CT molecular complexity index is 517. The zero-order valence-electron chi connectivity index (χ0n) is 12.8. The summed E-state index contributed by atoms with van der Waals surface area (Å²) in [5, 5.41) is 2.80. The number of nitrogens with one attached hydrogen (secondary N) is 1. The maximum atomic E-state index is 11.9. The topological polar surface area (TPSA) is 58.6 Å². The van der Waals surface area contributed by atoms with Crippen molar-refractivity contribution in [3.05, 3.63) is 29.8 Å². The highest BCUT2D eigenvalue weighted by molar-refractivity contribution is 5.93. The monoisotopic (exact) mass is 290 g/mol. The molecule has 0 atom stereocenters. The first-order valence-corrected chi connectivity index (χ1v) is 7.18. The van der Waals surface area contributed by atoms with E-state index in [0.717, 1.165) is 12.1 Å². The lowest BCUT2D eigenvalue weighted by Gasteiger charge is -2.25. The van der Waals surface area contributed by atoms with Gasteiger partial charge in [-0.2, -0.15) is 0 Å². The number of anilines is 1. The van der Waals surface area contributed by atoms with Gasteiger partial charge in [0, 0.05) is 12.2 Å². The van der Waals surface area contributed by atoms with Crippen molar-refractivity contribution in [2.45, 2.75) is 32.6 Å². The fourth-order valence-electron chi connectivity index (χ4n) is 2.17. The second-order valence-corrected chi connectivity index (χ2v) is 6.27. The molecule has 0 saturated carbocycles. The second kappa shape index (κ2) is 6.16. The lowest BCUT2D eigenvalue weighted by molar-refractivity contribution is -0.117. The molecular weight excluding hydrogens is 268 g/mol. The van der Waals surface area contributed by atoms with Gasteiger partial charge in [0.1, 0.15) is 6.54 Å². The number of amides is 2. The Kier molecular flexibility index (Phi) is 4.50. The molecule has 0 unspecified atom stereocenters. The first kappa shape index (κ1) is 15.4. The van der Waals surface area contributed by atoms with Gasteiger partial charge in [-0.15, -0.1) is 0 Å². The van der Waals surface area contributed by atoms with Crippen LogP contribution in [-0.2, 0) is 14.9 Å². The predicted molar refractivity (Wildman–Crippen MR) is 81.3 cm³/mol. The molecule has 2 rings (SSSR count). The predicted octanol–water partition coefficient (Wildman–Crippen LogP) is 2.76. The van der Waals surface area contributed by atoms with Crippen molar-refractivity contribution in [2.24, 2.45) is 0 Å². The molecule has 0 bridgehead atoms. The minimum Gasteiger partial charge on any atom is -0.449 e. The number of benzene rings is 1. The summed E-state index contributed by atoms with van der Waals surface area (Å²) < 4.78 is 4.90. The van der Waals surface area contributed by atoms with Gasteiger partial charge in [-0.1, -0.05) is 32.9 Å². The zero-order valence-corrected chi connectivity index (χ0v) is 12.8. The molecule has 0 spiro atoms. The van der Waals surface area contributed by atoms with E-state index in [0.29, 0.717) is 13.2 Å². The van der Waals surface area contributed by atoms with Crippen LogP contribution < -0.4 is 5.32 Å². The van der Waals surface area contributed by atoms with Gasteiger partial charge in [-0.05, 0) is 29.5 Å². The smallest absolute Gasteiger partial charge is 0.410 e. The Morgan fingerprint density at radius 1 is 1.29 bits per heavy atom. The molecule has 1 fully saturated rings. The fourth-order valence-corrected chi connectivity index (χ4v) is 2.17. The number of rotatable bonds is 3. The fraction of sp³-hybridized carbons (Fsp3) is 0.500. The van der Waals surface area contributed by atoms with Crippen LogP contribution in [0.15, 0.2) is 24.3 Å². The van der Waals surface area contributed by atoms with Gasteiger partial charge >= 0.3 is 6.09 Å². The number of cyclic esters (lactones) is 1. The van der Waals surface area contributed by atoms with E-state index in [1.165, 1.54) is 10.5 Å². The molecule has 1 aliphatic heterocycles. The van der Waals surface area contributed by atoms with E-state index in [1.54, 1.807) is 0 Å². The average molecular weight is 290 g/mol. The lowest BCUT2D eigenvalue weighted by Crippen LogP contribution is -2.42. The van der Waals surface area contributed by atoms with E-state index < -0.39 is 6.09 Å². The number of hydrogen-bond acceptors (Lipinski definition) is 3. The summed E-state index contributed by atoms with van der Waals surface area (Å²) in [6.07, 6.45) is 0.346. The van der Waals surface area contributed by atoms with Crippen LogP contribution in [0, 0.1) is 0 Å². The Labute approximate surface area is 125 Å². The molecule has 1 N–H and O–H groups in total. The van der Waals surface area contributed by atoms with E-state index in [1.807, 2.05) is 24.3 Å². The van der Waals surface area contributed by atoms with Crippen molar-refractivity contribution in [3.8, 4) is 0 Å². The summed E-state index contributed by atoms with van der Waals surface area (Å²) >= 11 is 0. The molecule has 1 aromatic rings. The van der Waals surface area contributed by atoms with Crippen LogP contribution in [-0.4, -0.2) is 36.6 Å². The van der Waals surface area contributed by atoms with Crippen LogP contribution in [0.2, 0.25) is 0 Å². The van der Waals surface area contributed by atoms with Crippen LogP contribution in [0.5, 0.6) is 0 Å². The van der Waals surface area contributed by atoms with E-state index in [2.05, 4.69) is 26.1 Å². The highest BCUT2D eigenvalue weighted by Gasteiger charge is 2.22. The Hall–Kier alpha value is -2.04. The molecule has 0 aromatic heterocycles. The van der Waals surface area contributed by atoms with Crippen molar-refractivity contribution in [1.29, 1.82) is 0 Å². The summed E-state index contributed by atoms with van der Waals surface area (Å²) in [5.74, 6) is -0.211. The third kappa shape index (κ3) is 4.21. The van der Waals surface area contributed by atoms with Gasteiger partial charge < -0.3 is 10.1 Å². The standard InChI is InChI=1S/C16H22N2O3/c1-16(2,3)12-5-7-13(8-6-12)17-14(19)11-18-9-4-10-21-15(18)20/h5-8H,4,9-11H2,1-3H3,(H,17,19). The minimum atomic E-state index is -0.417. The molecule has 5 heteroatoms. The molecule has 1 saturated heterocycles. The van der Waals surface area contributed by atoms with Crippen LogP contribution in [0.1, 0.15) is 32.8 Å². The summed E-state index contributed by atoms with van der Waals surface area (Å²) in [6, 6.07) is 7.77. The summed E-state index contributed by atoms with van der Waals surface area (Å²) in [7, 11) is 0. The van der Waals surface area contributed by atoms with Crippen molar-refractivity contribution in [1.82, 2.24) is 4.90 Å². The Balaban J connectivity index is 1.92. The van der Waals surface area contributed by atoms with E-state index in [4.69, 9.17) is 4.74 Å². The van der Waals surface area contributed by atoms with Gasteiger partial charge in [0.25, 0.3) is 0 Å². The number of ether oxygens (including phenoxy) is 1. The molecule has 1 aromatic carbocycles. The Morgan fingerprint density at radius 3 is 2.52 bits per heavy atom.